The first kappa shape index (κ1) is 11.6. The number of rotatable bonds is 2. The zero-order chi connectivity index (χ0) is 11.5. The van der Waals surface area contributed by atoms with Crippen molar-refractivity contribution in [2.45, 2.75) is 6.54 Å². The van der Waals surface area contributed by atoms with E-state index in [1.54, 1.807) is 0 Å². The van der Waals surface area contributed by atoms with Crippen molar-refractivity contribution >= 4 is 27.5 Å². The molecule has 0 amide bonds. The van der Waals surface area contributed by atoms with Gasteiger partial charge in [0.1, 0.15) is 0 Å². The van der Waals surface area contributed by atoms with Crippen LogP contribution in [-0.2, 0) is 6.54 Å². The molecule has 0 atom stereocenters. The van der Waals surface area contributed by atoms with Crippen LogP contribution in [0.2, 0.25) is 5.02 Å². The lowest BCUT2D eigenvalue weighted by atomic mass is 10.0. The molecule has 0 aliphatic rings. The highest BCUT2D eigenvalue weighted by molar-refractivity contribution is 9.10. The Morgan fingerprint density at radius 1 is 1.06 bits per heavy atom. The fourth-order valence-corrected chi connectivity index (χ4v) is 2.04. The molecule has 0 aromatic heterocycles. The smallest absolute Gasteiger partial charge is 0.0484 e. The highest BCUT2D eigenvalue weighted by atomic mass is 79.9. The molecule has 0 aliphatic heterocycles. The van der Waals surface area contributed by atoms with Gasteiger partial charge >= 0.3 is 0 Å². The van der Waals surface area contributed by atoms with Crippen LogP contribution >= 0.6 is 27.5 Å². The van der Waals surface area contributed by atoms with E-state index in [0.717, 1.165) is 26.2 Å². The van der Waals surface area contributed by atoms with Crippen LogP contribution in [0.4, 0.5) is 0 Å². The van der Waals surface area contributed by atoms with Crippen molar-refractivity contribution < 1.29 is 0 Å². The third-order valence-corrected chi connectivity index (χ3v) is 3.28. The molecule has 0 fully saturated rings. The maximum atomic E-state index is 6.17. The molecule has 0 bridgehead atoms. The molecule has 0 heterocycles. The van der Waals surface area contributed by atoms with Crippen LogP contribution in [0.1, 0.15) is 5.56 Å². The topological polar surface area (TPSA) is 26.0 Å². The maximum absolute atomic E-state index is 6.17. The van der Waals surface area contributed by atoms with E-state index in [2.05, 4.69) is 15.9 Å². The van der Waals surface area contributed by atoms with Gasteiger partial charge in [0.05, 0.1) is 0 Å². The second-order valence-electron chi connectivity index (χ2n) is 3.53. The second-order valence-corrected chi connectivity index (χ2v) is 4.85. The number of nitrogens with two attached hydrogens (primary N) is 1. The van der Waals surface area contributed by atoms with E-state index in [1.807, 2.05) is 42.5 Å². The minimum absolute atomic E-state index is 0.528. The van der Waals surface area contributed by atoms with Crippen molar-refractivity contribution in [3.63, 3.8) is 0 Å². The zero-order valence-electron chi connectivity index (χ0n) is 8.58. The van der Waals surface area contributed by atoms with Crippen molar-refractivity contribution in [2.24, 2.45) is 5.73 Å². The Hall–Kier alpha value is -0.830. The fourth-order valence-electron chi connectivity index (χ4n) is 1.55. The molecule has 2 rings (SSSR count). The summed E-state index contributed by atoms with van der Waals surface area (Å²) < 4.78 is 1.06. The van der Waals surface area contributed by atoms with Gasteiger partial charge in [0, 0.05) is 21.6 Å². The van der Waals surface area contributed by atoms with Gasteiger partial charge in [0.25, 0.3) is 0 Å². The Morgan fingerprint density at radius 2 is 1.75 bits per heavy atom. The van der Waals surface area contributed by atoms with Gasteiger partial charge in [-0.3, -0.25) is 0 Å². The summed E-state index contributed by atoms with van der Waals surface area (Å²) in [6.45, 7) is 0.528. The lowest BCUT2D eigenvalue weighted by Gasteiger charge is -2.07. The molecule has 0 saturated carbocycles. The summed E-state index contributed by atoms with van der Waals surface area (Å²) >= 11 is 9.59. The monoisotopic (exact) mass is 295 g/mol. The van der Waals surface area contributed by atoms with Crippen LogP contribution in [0.3, 0.4) is 0 Å². The summed E-state index contributed by atoms with van der Waals surface area (Å²) in [5, 5.41) is 0.750. The highest BCUT2D eigenvalue weighted by Crippen LogP contribution is 2.29. The normalized spacial score (nSPS) is 10.4. The molecule has 3 heteroatoms. The van der Waals surface area contributed by atoms with Crippen LogP contribution in [0, 0.1) is 0 Å². The van der Waals surface area contributed by atoms with Gasteiger partial charge in [-0.2, -0.15) is 0 Å². The lowest BCUT2D eigenvalue weighted by molar-refractivity contribution is 1.07. The van der Waals surface area contributed by atoms with Crippen LogP contribution in [0.25, 0.3) is 11.1 Å². The van der Waals surface area contributed by atoms with Crippen molar-refractivity contribution in [1.82, 2.24) is 0 Å². The Kier molecular flexibility index (Phi) is 3.64. The largest absolute Gasteiger partial charge is 0.326 e. The van der Waals surface area contributed by atoms with Gasteiger partial charge in [0.2, 0.25) is 0 Å². The van der Waals surface area contributed by atoms with Gasteiger partial charge < -0.3 is 5.73 Å². The maximum Gasteiger partial charge on any atom is 0.0484 e. The molecule has 16 heavy (non-hydrogen) atoms. The summed E-state index contributed by atoms with van der Waals surface area (Å²) in [5.74, 6) is 0. The predicted octanol–water partition coefficient (Wildman–Crippen LogP) is 4.23. The van der Waals surface area contributed by atoms with Crippen molar-refractivity contribution in [3.8, 4) is 11.1 Å². The molecule has 2 aromatic rings. The van der Waals surface area contributed by atoms with Crippen molar-refractivity contribution in [2.75, 3.05) is 0 Å². The lowest BCUT2D eigenvalue weighted by Crippen LogP contribution is -1.96. The minimum Gasteiger partial charge on any atom is -0.326 e. The van der Waals surface area contributed by atoms with Gasteiger partial charge in [-0.25, -0.2) is 0 Å². The van der Waals surface area contributed by atoms with Gasteiger partial charge in [-0.15, -0.1) is 0 Å². The summed E-state index contributed by atoms with van der Waals surface area (Å²) in [6.07, 6.45) is 0. The van der Waals surface area contributed by atoms with E-state index in [9.17, 15) is 0 Å². The molecule has 0 unspecified atom stereocenters. The third-order valence-electron chi connectivity index (χ3n) is 2.42. The average Bonchev–Trinajstić information content (AvgIpc) is 2.31. The second kappa shape index (κ2) is 5.00. The minimum atomic E-state index is 0.528. The Labute approximate surface area is 108 Å². The molecule has 82 valence electrons. The van der Waals surface area contributed by atoms with E-state index in [-0.39, 0.29) is 0 Å². The Morgan fingerprint density at radius 3 is 2.38 bits per heavy atom. The van der Waals surface area contributed by atoms with Crippen LogP contribution in [0.5, 0.6) is 0 Å². The molecule has 0 radical (unpaired) electrons. The first-order chi connectivity index (χ1) is 7.70. The molecule has 2 N–H and O–H groups in total. The Bertz CT molecular complexity index is 494. The first-order valence-electron chi connectivity index (χ1n) is 4.95. The molecule has 0 spiro atoms. The average molecular weight is 297 g/mol. The van der Waals surface area contributed by atoms with E-state index < -0.39 is 0 Å². The molecular formula is C13H11BrClN. The van der Waals surface area contributed by atoms with Crippen LogP contribution < -0.4 is 5.73 Å². The van der Waals surface area contributed by atoms with E-state index in [4.69, 9.17) is 17.3 Å². The molecule has 0 saturated heterocycles. The fraction of sp³-hybridized carbons (Fsp3) is 0.0769. The summed E-state index contributed by atoms with van der Waals surface area (Å²) in [6, 6.07) is 13.9. The van der Waals surface area contributed by atoms with E-state index in [0.29, 0.717) is 6.54 Å². The standard InChI is InChI=1S/C13H11BrClN/c14-11-4-2-10(3-5-11)12-7-9(8-16)1-6-13(12)15/h1-7H,8,16H2. The van der Waals surface area contributed by atoms with Crippen molar-refractivity contribution in [3.05, 3.63) is 57.5 Å². The summed E-state index contributed by atoms with van der Waals surface area (Å²) in [4.78, 5) is 0. The van der Waals surface area contributed by atoms with Gasteiger partial charge in [-0.1, -0.05) is 45.7 Å². The van der Waals surface area contributed by atoms with Crippen LogP contribution in [0.15, 0.2) is 46.9 Å². The van der Waals surface area contributed by atoms with Crippen molar-refractivity contribution in [1.29, 1.82) is 0 Å². The number of halogens is 2. The Balaban J connectivity index is 2.50. The molecule has 0 aliphatic carbocycles. The number of benzene rings is 2. The number of hydrogen-bond acceptors (Lipinski definition) is 1. The molecule has 1 nitrogen and oxygen atoms in total. The van der Waals surface area contributed by atoms with E-state index in [1.165, 1.54) is 0 Å². The SMILES string of the molecule is NCc1ccc(Cl)c(-c2ccc(Br)cc2)c1. The van der Waals surface area contributed by atoms with Crippen LogP contribution in [-0.4, -0.2) is 0 Å². The molecule has 2 aromatic carbocycles. The van der Waals surface area contributed by atoms with E-state index >= 15 is 0 Å². The number of hydrogen-bond donors (Lipinski definition) is 1. The highest BCUT2D eigenvalue weighted by Gasteiger charge is 2.04. The summed E-state index contributed by atoms with van der Waals surface area (Å²) in [5.41, 5.74) is 8.83. The molecular weight excluding hydrogens is 286 g/mol. The quantitative estimate of drug-likeness (QED) is 0.882. The predicted molar refractivity (Wildman–Crippen MR) is 72.5 cm³/mol. The first-order valence-corrected chi connectivity index (χ1v) is 6.12. The van der Waals surface area contributed by atoms with Gasteiger partial charge in [-0.05, 0) is 35.4 Å². The van der Waals surface area contributed by atoms with Gasteiger partial charge in [0.15, 0.2) is 0 Å². The third kappa shape index (κ3) is 2.46. The zero-order valence-corrected chi connectivity index (χ0v) is 10.9. The summed E-state index contributed by atoms with van der Waals surface area (Å²) in [7, 11) is 0.